The van der Waals surface area contributed by atoms with E-state index in [0.29, 0.717) is 4.83 Å². The van der Waals surface area contributed by atoms with Gasteiger partial charge in [-0.15, -0.1) is 11.3 Å². The molecular formula is C13H17Br3S. The Labute approximate surface area is 133 Å². The van der Waals surface area contributed by atoms with Crippen LogP contribution < -0.4 is 0 Å². The first kappa shape index (κ1) is 14.5. The van der Waals surface area contributed by atoms with Crippen LogP contribution in [0, 0.1) is 5.92 Å². The highest BCUT2D eigenvalue weighted by molar-refractivity contribution is 9.12. The molecule has 0 bridgehead atoms. The summed E-state index contributed by atoms with van der Waals surface area (Å²) in [5.74, 6) is 0.799. The van der Waals surface area contributed by atoms with Crippen LogP contribution >= 0.6 is 59.1 Å². The second-order valence-electron chi connectivity index (χ2n) is 4.79. The predicted molar refractivity (Wildman–Crippen MR) is 87.2 cm³/mol. The Balaban J connectivity index is 2.06. The van der Waals surface area contributed by atoms with Crippen molar-refractivity contribution in [1.82, 2.24) is 0 Å². The van der Waals surface area contributed by atoms with Crippen molar-refractivity contribution in [3.05, 3.63) is 19.2 Å². The van der Waals surface area contributed by atoms with Gasteiger partial charge in [-0.05, 0) is 62.2 Å². The lowest BCUT2D eigenvalue weighted by Gasteiger charge is -2.24. The average Bonchev–Trinajstić information content (AvgIpc) is 2.56. The number of hydrogen-bond acceptors (Lipinski definition) is 1. The van der Waals surface area contributed by atoms with E-state index in [0.717, 1.165) is 5.92 Å². The normalized spacial score (nSPS) is 20.9. The number of thiophene rings is 1. The van der Waals surface area contributed by atoms with Crippen LogP contribution in [-0.2, 0) is 0 Å². The molecule has 1 atom stereocenters. The van der Waals surface area contributed by atoms with Gasteiger partial charge in [-0.25, -0.2) is 0 Å². The molecule has 1 aromatic heterocycles. The zero-order chi connectivity index (χ0) is 12.3. The molecule has 0 saturated heterocycles. The first-order valence-corrected chi connectivity index (χ1v) is 9.59. The van der Waals surface area contributed by atoms with Crippen molar-refractivity contribution in [1.29, 1.82) is 0 Å². The van der Waals surface area contributed by atoms with Gasteiger partial charge in [0.05, 0.1) is 7.57 Å². The second-order valence-corrected chi connectivity index (χ2v) is 9.52. The first-order chi connectivity index (χ1) is 8.18. The number of hydrogen-bond donors (Lipinski definition) is 0. The number of rotatable bonds is 2. The van der Waals surface area contributed by atoms with E-state index in [1.165, 1.54) is 58.1 Å². The maximum absolute atomic E-state index is 3.93. The molecule has 1 fully saturated rings. The molecular weight excluding hydrogens is 428 g/mol. The molecule has 0 radical (unpaired) electrons. The van der Waals surface area contributed by atoms with Crippen molar-refractivity contribution in [2.75, 3.05) is 0 Å². The largest absolute Gasteiger partial charge is 0.121 e. The molecule has 17 heavy (non-hydrogen) atoms. The minimum absolute atomic E-state index is 0.512. The van der Waals surface area contributed by atoms with E-state index >= 15 is 0 Å². The van der Waals surface area contributed by atoms with Crippen molar-refractivity contribution < 1.29 is 0 Å². The predicted octanol–water partition coefficient (Wildman–Crippen LogP) is 7.07. The Morgan fingerprint density at radius 1 is 1.06 bits per heavy atom. The molecule has 96 valence electrons. The van der Waals surface area contributed by atoms with Gasteiger partial charge in [-0.3, -0.25) is 0 Å². The summed E-state index contributed by atoms with van der Waals surface area (Å²) in [6.45, 7) is 0. The fraction of sp³-hybridized carbons (Fsp3) is 0.692. The molecule has 1 unspecified atom stereocenters. The SMILES string of the molecule is Brc1cc(C(Br)C2CCCCCCC2)c(Br)s1. The first-order valence-electron chi connectivity index (χ1n) is 6.27. The Morgan fingerprint density at radius 2 is 1.65 bits per heavy atom. The van der Waals surface area contributed by atoms with Crippen molar-refractivity contribution >= 4 is 59.1 Å². The monoisotopic (exact) mass is 442 g/mol. The molecule has 0 spiro atoms. The van der Waals surface area contributed by atoms with E-state index in [1.807, 2.05) is 0 Å². The summed E-state index contributed by atoms with van der Waals surface area (Å²) in [4.78, 5) is 0.512. The quantitative estimate of drug-likeness (QED) is 0.428. The third-order valence-electron chi connectivity index (χ3n) is 3.54. The standard InChI is InChI=1S/C13H17Br3S/c14-11-8-10(13(16)17-11)12(15)9-6-4-2-1-3-5-7-9/h8-9,12H,1-7H2. The highest BCUT2D eigenvalue weighted by Gasteiger charge is 2.24. The highest BCUT2D eigenvalue weighted by Crippen LogP contribution is 2.45. The van der Waals surface area contributed by atoms with Gasteiger partial charge in [0.2, 0.25) is 0 Å². The van der Waals surface area contributed by atoms with Gasteiger partial charge in [0.1, 0.15) is 0 Å². The lowest BCUT2D eigenvalue weighted by Crippen LogP contribution is -2.09. The number of alkyl halides is 1. The lowest BCUT2D eigenvalue weighted by molar-refractivity contribution is 0.374. The van der Waals surface area contributed by atoms with Crippen molar-refractivity contribution in [3.8, 4) is 0 Å². The molecule has 1 aliphatic rings. The summed E-state index contributed by atoms with van der Waals surface area (Å²) >= 11 is 13.0. The molecule has 1 heterocycles. The smallest absolute Gasteiger partial charge is 0.0753 e. The van der Waals surface area contributed by atoms with Gasteiger partial charge in [0.15, 0.2) is 0 Å². The Morgan fingerprint density at radius 3 is 2.18 bits per heavy atom. The Kier molecular flexibility index (Phi) is 6.05. The number of halogens is 3. The topological polar surface area (TPSA) is 0 Å². The molecule has 4 heteroatoms. The van der Waals surface area contributed by atoms with E-state index in [2.05, 4.69) is 53.9 Å². The summed E-state index contributed by atoms with van der Waals surface area (Å²) in [7, 11) is 0. The average molecular weight is 445 g/mol. The van der Waals surface area contributed by atoms with Gasteiger partial charge in [-0.2, -0.15) is 0 Å². The summed E-state index contributed by atoms with van der Waals surface area (Å²) in [5, 5.41) is 0. The third-order valence-corrected chi connectivity index (χ3v) is 7.17. The van der Waals surface area contributed by atoms with Crippen molar-refractivity contribution in [3.63, 3.8) is 0 Å². The highest BCUT2D eigenvalue weighted by atomic mass is 79.9. The van der Waals surface area contributed by atoms with Gasteiger partial charge < -0.3 is 0 Å². The maximum Gasteiger partial charge on any atom is 0.0753 e. The van der Waals surface area contributed by atoms with Gasteiger partial charge in [0.25, 0.3) is 0 Å². The molecule has 1 saturated carbocycles. The van der Waals surface area contributed by atoms with Crippen LogP contribution in [0.1, 0.15) is 55.3 Å². The van der Waals surface area contributed by atoms with Crippen LogP contribution in [0.25, 0.3) is 0 Å². The van der Waals surface area contributed by atoms with Crippen LogP contribution in [-0.4, -0.2) is 0 Å². The minimum Gasteiger partial charge on any atom is -0.121 e. The van der Waals surface area contributed by atoms with Crippen LogP contribution in [0.3, 0.4) is 0 Å². The van der Waals surface area contributed by atoms with Crippen LogP contribution in [0.5, 0.6) is 0 Å². The molecule has 0 aliphatic heterocycles. The fourth-order valence-electron chi connectivity index (χ4n) is 2.58. The zero-order valence-electron chi connectivity index (χ0n) is 9.72. The van der Waals surface area contributed by atoms with Crippen molar-refractivity contribution in [2.24, 2.45) is 5.92 Å². The maximum atomic E-state index is 3.93. The Hall–Kier alpha value is 1.14. The van der Waals surface area contributed by atoms with Crippen molar-refractivity contribution in [2.45, 2.75) is 49.8 Å². The van der Waals surface area contributed by atoms with Gasteiger partial charge >= 0.3 is 0 Å². The van der Waals surface area contributed by atoms with E-state index in [1.54, 1.807) is 11.3 Å². The molecule has 0 nitrogen and oxygen atoms in total. The summed E-state index contributed by atoms with van der Waals surface area (Å²) in [5.41, 5.74) is 1.42. The second kappa shape index (κ2) is 7.06. The van der Waals surface area contributed by atoms with Gasteiger partial charge in [0, 0.05) is 4.83 Å². The van der Waals surface area contributed by atoms with E-state index < -0.39 is 0 Å². The summed E-state index contributed by atoms with van der Waals surface area (Å²) < 4.78 is 2.49. The molecule has 0 amide bonds. The molecule has 2 rings (SSSR count). The van der Waals surface area contributed by atoms with E-state index in [4.69, 9.17) is 0 Å². The van der Waals surface area contributed by atoms with Gasteiger partial charge in [-0.1, -0.05) is 48.0 Å². The minimum atomic E-state index is 0.512. The molecule has 0 N–H and O–H groups in total. The summed E-state index contributed by atoms with van der Waals surface area (Å²) in [6.07, 6.45) is 9.82. The molecule has 0 aromatic carbocycles. The third kappa shape index (κ3) is 4.05. The van der Waals surface area contributed by atoms with Crippen LogP contribution in [0.2, 0.25) is 0 Å². The molecule has 1 aromatic rings. The summed E-state index contributed by atoms with van der Waals surface area (Å²) in [6, 6.07) is 2.26. The molecule has 1 aliphatic carbocycles. The van der Waals surface area contributed by atoms with Crippen LogP contribution in [0.15, 0.2) is 13.6 Å². The zero-order valence-corrected chi connectivity index (χ0v) is 15.3. The lowest BCUT2D eigenvalue weighted by atomic mass is 9.87. The Bertz CT molecular complexity index is 354. The van der Waals surface area contributed by atoms with E-state index in [-0.39, 0.29) is 0 Å². The van der Waals surface area contributed by atoms with Crippen LogP contribution in [0.4, 0.5) is 0 Å². The fourth-order valence-corrected chi connectivity index (χ4v) is 6.85. The van der Waals surface area contributed by atoms with E-state index in [9.17, 15) is 0 Å².